The SMILES string of the molecule is Cn1ncc(C(O)CC2CC2)c1N. The Hall–Kier alpha value is -1.03. The summed E-state index contributed by atoms with van der Waals surface area (Å²) < 4.78 is 1.59. The van der Waals surface area contributed by atoms with E-state index in [1.165, 1.54) is 12.8 Å². The van der Waals surface area contributed by atoms with Gasteiger partial charge in [-0.05, 0) is 12.3 Å². The molecule has 0 amide bonds. The molecular formula is C9H15N3O. The molecule has 4 nitrogen and oxygen atoms in total. The first-order valence-corrected chi connectivity index (χ1v) is 4.64. The van der Waals surface area contributed by atoms with Crippen LogP contribution < -0.4 is 5.73 Å². The van der Waals surface area contributed by atoms with Gasteiger partial charge in [0.1, 0.15) is 5.82 Å². The summed E-state index contributed by atoms with van der Waals surface area (Å²) in [4.78, 5) is 0. The lowest BCUT2D eigenvalue weighted by atomic mass is 10.1. The average Bonchev–Trinajstić information content (AvgIpc) is 2.82. The van der Waals surface area contributed by atoms with E-state index in [1.807, 2.05) is 0 Å². The Kier molecular flexibility index (Phi) is 2.00. The minimum Gasteiger partial charge on any atom is -0.388 e. The fourth-order valence-electron chi connectivity index (χ4n) is 1.52. The molecule has 3 N–H and O–H groups in total. The van der Waals surface area contributed by atoms with E-state index in [-0.39, 0.29) is 0 Å². The van der Waals surface area contributed by atoms with E-state index in [1.54, 1.807) is 17.9 Å². The molecule has 1 aliphatic carbocycles. The van der Waals surface area contributed by atoms with Crippen LogP contribution in [0.1, 0.15) is 30.9 Å². The first-order valence-electron chi connectivity index (χ1n) is 4.64. The van der Waals surface area contributed by atoms with Gasteiger partial charge in [-0.1, -0.05) is 12.8 Å². The number of hydrogen-bond acceptors (Lipinski definition) is 3. The number of nitrogens with zero attached hydrogens (tertiary/aromatic N) is 2. The number of aliphatic hydroxyl groups excluding tert-OH is 1. The standard InChI is InChI=1S/C9H15N3O/c1-12-9(10)7(5-11-12)8(13)4-6-2-3-6/h5-6,8,13H,2-4,10H2,1H3. The van der Waals surface area contributed by atoms with Crippen molar-refractivity contribution in [3.63, 3.8) is 0 Å². The Bertz CT molecular complexity index is 304. The quantitative estimate of drug-likeness (QED) is 0.726. The van der Waals surface area contributed by atoms with Crippen molar-refractivity contribution >= 4 is 5.82 Å². The van der Waals surface area contributed by atoms with E-state index in [0.29, 0.717) is 11.7 Å². The fourth-order valence-corrected chi connectivity index (χ4v) is 1.52. The molecule has 1 fully saturated rings. The summed E-state index contributed by atoms with van der Waals surface area (Å²) in [5.74, 6) is 1.28. The second kappa shape index (κ2) is 3.03. The minimum atomic E-state index is -0.429. The summed E-state index contributed by atoms with van der Waals surface area (Å²) in [5.41, 5.74) is 6.51. The summed E-state index contributed by atoms with van der Waals surface area (Å²) in [6.07, 6.45) is 4.55. The summed E-state index contributed by atoms with van der Waals surface area (Å²) in [6.45, 7) is 0. The van der Waals surface area contributed by atoms with Gasteiger partial charge in [-0.25, -0.2) is 0 Å². The minimum absolute atomic E-state index is 0.429. The first-order chi connectivity index (χ1) is 6.18. The molecular weight excluding hydrogens is 166 g/mol. The Morgan fingerprint density at radius 1 is 1.77 bits per heavy atom. The Morgan fingerprint density at radius 2 is 2.46 bits per heavy atom. The summed E-state index contributed by atoms with van der Waals surface area (Å²) >= 11 is 0. The number of nitrogens with two attached hydrogens (primary N) is 1. The molecule has 0 bridgehead atoms. The van der Waals surface area contributed by atoms with Crippen LogP contribution in [0.3, 0.4) is 0 Å². The maximum Gasteiger partial charge on any atom is 0.127 e. The van der Waals surface area contributed by atoms with E-state index in [0.717, 1.165) is 12.0 Å². The molecule has 1 heterocycles. The molecule has 0 aromatic carbocycles. The molecule has 13 heavy (non-hydrogen) atoms. The third-order valence-corrected chi connectivity index (χ3v) is 2.63. The van der Waals surface area contributed by atoms with Gasteiger partial charge in [0.15, 0.2) is 0 Å². The molecule has 2 rings (SSSR count). The molecule has 0 saturated heterocycles. The van der Waals surface area contributed by atoms with Crippen LogP contribution in [0.2, 0.25) is 0 Å². The van der Waals surface area contributed by atoms with Gasteiger partial charge in [0.25, 0.3) is 0 Å². The molecule has 1 unspecified atom stereocenters. The van der Waals surface area contributed by atoms with Crippen molar-refractivity contribution in [3.8, 4) is 0 Å². The molecule has 1 saturated carbocycles. The van der Waals surface area contributed by atoms with E-state index < -0.39 is 6.10 Å². The second-order valence-corrected chi connectivity index (χ2v) is 3.80. The lowest BCUT2D eigenvalue weighted by Crippen LogP contribution is -2.04. The highest BCUT2D eigenvalue weighted by molar-refractivity contribution is 5.39. The topological polar surface area (TPSA) is 64.1 Å². The Balaban J connectivity index is 2.09. The predicted molar refractivity (Wildman–Crippen MR) is 49.9 cm³/mol. The van der Waals surface area contributed by atoms with E-state index >= 15 is 0 Å². The first kappa shape index (κ1) is 8.56. The van der Waals surface area contributed by atoms with Crippen LogP contribution in [0.5, 0.6) is 0 Å². The highest BCUT2D eigenvalue weighted by Crippen LogP contribution is 2.38. The van der Waals surface area contributed by atoms with E-state index in [4.69, 9.17) is 5.73 Å². The van der Waals surface area contributed by atoms with Crippen LogP contribution in [0, 0.1) is 5.92 Å². The number of rotatable bonds is 3. The van der Waals surface area contributed by atoms with Crippen LogP contribution in [0.4, 0.5) is 5.82 Å². The smallest absolute Gasteiger partial charge is 0.127 e. The van der Waals surface area contributed by atoms with Crippen molar-refractivity contribution in [1.82, 2.24) is 9.78 Å². The maximum absolute atomic E-state index is 9.79. The van der Waals surface area contributed by atoms with Gasteiger partial charge in [-0.15, -0.1) is 0 Å². The van der Waals surface area contributed by atoms with Gasteiger partial charge in [-0.3, -0.25) is 4.68 Å². The van der Waals surface area contributed by atoms with Crippen molar-refractivity contribution in [2.24, 2.45) is 13.0 Å². The second-order valence-electron chi connectivity index (χ2n) is 3.80. The monoisotopic (exact) mass is 181 g/mol. The zero-order valence-corrected chi connectivity index (χ0v) is 7.77. The van der Waals surface area contributed by atoms with Crippen molar-refractivity contribution in [3.05, 3.63) is 11.8 Å². The van der Waals surface area contributed by atoms with E-state index in [2.05, 4.69) is 5.10 Å². The largest absolute Gasteiger partial charge is 0.388 e. The number of anilines is 1. The number of hydrogen-bond donors (Lipinski definition) is 2. The molecule has 1 aromatic heterocycles. The average molecular weight is 181 g/mol. The molecule has 0 aliphatic heterocycles. The Labute approximate surface area is 77.4 Å². The summed E-state index contributed by atoms with van der Waals surface area (Å²) in [7, 11) is 1.78. The van der Waals surface area contributed by atoms with E-state index in [9.17, 15) is 5.11 Å². The van der Waals surface area contributed by atoms with Crippen LogP contribution in [0.25, 0.3) is 0 Å². The van der Waals surface area contributed by atoms with Gasteiger partial charge in [-0.2, -0.15) is 5.10 Å². The zero-order chi connectivity index (χ0) is 9.42. The van der Waals surface area contributed by atoms with Gasteiger partial charge in [0.05, 0.1) is 12.3 Å². The molecule has 4 heteroatoms. The van der Waals surface area contributed by atoms with Crippen LogP contribution in [-0.4, -0.2) is 14.9 Å². The summed E-state index contributed by atoms with van der Waals surface area (Å²) in [5, 5.41) is 13.8. The lowest BCUT2D eigenvalue weighted by molar-refractivity contribution is 0.161. The van der Waals surface area contributed by atoms with Gasteiger partial charge < -0.3 is 10.8 Å². The predicted octanol–water partition coefficient (Wildman–Crippen LogP) is 0.836. The summed E-state index contributed by atoms with van der Waals surface area (Å²) in [6, 6.07) is 0. The maximum atomic E-state index is 9.79. The Morgan fingerprint density at radius 3 is 2.92 bits per heavy atom. The molecule has 1 aromatic rings. The lowest BCUT2D eigenvalue weighted by Gasteiger charge is -2.08. The molecule has 1 atom stereocenters. The van der Waals surface area contributed by atoms with Gasteiger partial charge in [0, 0.05) is 12.6 Å². The van der Waals surface area contributed by atoms with Crippen molar-refractivity contribution in [2.75, 3.05) is 5.73 Å². The highest BCUT2D eigenvalue weighted by Gasteiger charge is 2.26. The number of nitrogen functional groups attached to an aromatic ring is 1. The molecule has 0 radical (unpaired) electrons. The number of aliphatic hydroxyl groups is 1. The van der Waals surface area contributed by atoms with Crippen LogP contribution in [0.15, 0.2) is 6.20 Å². The van der Waals surface area contributed by atoms with Crippen LogP contribution in [-0.2, 0) is 7.05 Å². The van der Waals surface area contributed by atoms with Crippen molar-refractivity contribution in [1.29, 1.82) is 0 Å². The van der Waals surface area contributed by atoms with Crippen molar-refractivity contribution < 1.29 is 5.11 Å². The number of aryl methyl sites for hydroxylation is 1. The van der Waals surface area contributed by atoms with Crippen molar-refractivity contribution in [2.45, 2.75) is 25.4 Å². The molecule has 0 spiro atoms. The van der Waals surface area contributed by atoms with Gasteiger partial charge >= 0.3 is 0 Å². The van der Waals surface area contributed by atoms with Crippen LogP contribution >= 0.6 is 0 Å². The van der Waals surface area contributed by atoms with Gasteiger partial charge in [0.2, 0.25) is 0 Å². The zero-order valence-electron chi connectivity index (χ0n) is 7.77. The number of aromatic nitrogens is 2. The third-order valence-electron chi connectivity index (χ3n) is 2.63. The molecule has 72 valence electrons. The highest BCUT2D eigenvalue weighted by atomic mass is 16.3. The fraction of sp³-hybridized carbons (Fsp3) is 0.667. The molecule has 1 aliphatic rings. The normalized spacial score (nSPS) is 18.9. The third kappa shape index (κ3) is 1.67.